The SMILES string of the molecule is O=C(c1ccc(-n2ccnc2)cc1)N1CCCC[C@H]1CN1CCOCC1. The first kappa shape index (κ1) is 17.2. The summed E-state index contributed by atoms with van der Waals surface area (Å²) in [6.07, 6.45) is 8.82. The van der Waals surface area contributed by atoms with Crippen LogP contribution in [0, 0.1) is 0 Å². The Labute approximate surface area is 154 Å². The van der Waals surface area contributed by atoms with Gasteiger partial charge in [-0.05, 0) is 43.5 Å². The number of ether oxygens (including phenoxy) is 1. The molecule has 2 saturated heterocycles. The highest BCUT2D eigenvalue weighted by Gasteiger charge is 2.29. The van der Waals surface area contributed by atoms with E-state index in [1.165, 1.54) is 6.42 Å². The molecule has 6 nitrogen and oxygen atoms in total. The molecule has 0 saturated carbocycles. The molecule has 1 amide bonds. The lowest BCUT2D eigenvalue weighted by molar-refractivity contribution is 0.0166. The Morgan fingerprint density at radius 3 is 2.65 bits per heavy atom. The van der Waals surface area contributed by atoms with Crippen LogP contribution in [0.15, 0.2) is 43.0 Å². The highest BCUT2D eigenvalue weighted by Crippen LogP contribution is 2.21. The number of aromatic nitrogens is 2. The first-order valence-electron chi connectivity index (χ1n) is 9.51. The van der Waals surface area contributed by atoms with Crippen molar-refractivity contribution < 1.29 is 9.53 Å². The average Bonchev–Trinajstić information content (AvgIpc) is 3.24. The summed E-state index contributed by atoms with van der Waals surface area (Å²) in [7, 11) is 0. The lowest BCUT2D eigenvalue weighted by atomic mass is 10.00. The van der Waals surface area contributed by atoms with E-state index < -0.39 is 0 Å². The molecule has 2 fully saturated rings. The lowest BCUT2D eigenvalue weighted by Gasteiger charge is -2.39. The van der Waals surface area contributed by atoms with E-state index in [9.17, 15) is 4.79 Å². The van der Waals surface area contributed by atoms with Gasteiger partial charge in [-0.1, -0.05) is 0 Å². The molecule has 1 aromatic carbocycles. The number of amides is 1. The van der Waals surface area contributed by atoms with Crippen LogP contribution < -0.4 is 0 Å². The van der Waals surface area contributed by atoms with Gasteiger partial charge in [0.25, 0.3) is 5.91 Å². The van der Waals surface area contributed by atoms with Crippen molar-refractivity contribution in [3.05, 3.63) is 48.5 Å². The molecule has 1 atom stereocenters. The van der Waals surface area contributed by atoms with E-state index in [0.29, 0.717) is 6.04 Å². The minimum atomic E-state index is 0.153. The van der Waals surface area contributed by atoms with E-state index in [4.69, 9.17) is 4.74 Å². The van der Waals surface area contributed by atoms with Gasteiger partial charge in [-0.2, -0.15) is 0 Å². The van der Waals surface area contributed by atoms with E-state index in [-0.39, 0.29) is 5.91 Å². The summed E-state index contributed by atoms with van der Waals surface area (Å²) in [5.74, 6) is 0.153. The van der Waals surface area contributed by atoms with Crippen LogP contribution in [-0.4, -0.2) is 70.7 Å². The Hall–Kier alpha value is -2.18. The van der Waals surface area contributed by atoms with Gasteiger partial charge in [0.1, 0.15) is 0 Å². The van der Waals surface area contributed by atoms with E-state index in [1.807, 2.05) is 35.0 Å². The molecule has 2 aromatic rings. The molecule has 138 valence electrons. The maximum atomic E-state index is 13.1. The molecule has 0 N–H and O–H groups in total. The Bertz CT molecular complexity index is 708. The molecule has 0 spiro atoms. The summed E-state index contributed by atoms with van der Waals surface area (Å²) in [6.45, 7) is 5.36. The van der Waals surface area contributed by atoms with E-state index in [1.54, 1.807) is 12.5 Å². The van der Waals surface area contributed by atoms with Gasteiger partial charge in [-0.25, -0.2) is 4.98 Å². The van der Waals surface area contributed by atoms with Crippen molar-refractivity contribution in [2.75, 3.05) is 39.4 Å². The largest absolute Gasteiger partial charge is 0.379 e. The summed E-state index contributed by atoms with van der Waals surface area (Å²) in [5, 5.41) is 0. The highest BCUT2D eigenvalue weighted by atomic mass is 16.5. The van der Waals surface area contributed by atoms with Crippen molar-refractivity contribution in [2.24, 2.45) is 0 Å². The smallest absolute Gasteiger partial charge is 0.254 e. The molecule has 1 aromatic heterocycles. The first-order chi connectivity index (χ1) is 12.8. The minimum absolute atomic E-state index is 0.153. The molecule has 2 aliphatic rings. The monoisotopic (exact) mass is 354 g/mol. The molecule has 4 rings (SSSR count). The molecular weight excluding hydrogens is 328 g/mol. The number of piperidine rings is 1. The number of likely N-dealkylation sites (tertiary alicyclic amines) is 1. The van der Waals surface area contributed by atoms with Crippen LogP contribution in [-0.2, 0) is 4.74 Å². The van der Waals surface area contributed by atoms with Crippen molar-refractivity contribution in [3.8, 4) is 5.69 Å². The van der Waals surface area contributed by atoms with Crippen LogP contribution in [0.1, 0.15) is 29.6 Å². The van der Waals surface area contributed by atoms with Gasteiger partial charge in [-0.15, -0.1) is 0 Å². The Balaban J connectivity index is 1.46. The predicted molar refractivity (Wildman–Crippen MR) is 99.5 cm³/mol. The van der Waals surface area contributed by atoms with E-state index in [0.717, 1.165) is 63.5 Å². The zero-order valence-electron chi connectivity index (χ0n) is 15.1. The maximum Gasteiger partial charge on any atom is 0.254 e. The Kier molecular flexibility index (Phi) is 5.32. The Morgan fingerprint density at radius 2 is 1.92 bits per heavy atom. The summed E-state index contributed by atoms with van der Waals surface area (Å²) in [6, 6.07) is 8.13. The zero-order chi connectivity index (χ0) is 17.8. The van der Waals surface area contributed by atoms with Gasteiger partial charge in [-0.3, -0.25) is 9.69 Å². The van der Waals surface area contributed by atoms with Crippen molar-refractivity contribution in [1.29, 1.82) is 0 Å². The van der Waals surface area contributed by atoms with Crippen molar-refractivity contribution in [2.45, 2.75) is 25.3 Å². The summed E-state index contributed by atoms with van der Waals surface area (Å²) >= 11 is 0. The highest BCUT2D eigenvalue weighted by molar-refractivity contribution is 5.94. The van der Waals surface area contributed by atoms with Gasteiger partial charge in [0.15, 0.2) is 0 Å². The molecule has 0 radical (unpaired) electrons. The topological polar surface area (TPSA) is 50.6 Å². The van der Waals surface area contributed by atoms with Gasteiger partial charge in [0.05, 0.1) is 19.5 Å². The molecule has 26 heavy (non-hydrogen) atoms. The lowest BCUT2D eigenvalue weighted by Crippen LogP contribution is -2.51. The van der Waals surface area contributed by atoms with Crippen LogP contribution in [0.25, 0.3) is 5.69 Å². The van der Waals surface area contributed by atoms with Crippen LogP contribution in [0.5, 0.6) is 0 Å². The molecule has 6 heteroatoms. The maximum absolute atomic E-state index is 13.1. The molecule has 3 heterocycles. The second kappa shape index (κ2) is 8.01. The normalized spacial score (nSPS) is 21.7. The molecule has 0 unspecified atom stereocenters. The number of carbonyl (C=O) groups is 1. The van der Waals surface area contributed by atoms with E-state index >= 15 is 0 Å². The summed E-state index contributed by atoms with van der Waals surface area (Å²) in [5.41, 5.74) is 1.78. The zero-order valence-corrected chi connectivity index (χ0v) is 15.1. The van der Waals surface area contributed by atoms with Crippen molar-refractivity contribution >= 4 is 5.91 Å². The number of carbonyl (C=O) groups excluding carboxylic acids is 1. The molecule has 0 bridgehead atoms. The summed E-state index contributed by atoms with van der Waals surface area (Å²) < 4.78 is 7.39. The molecule has 2 aliphatic heterocycles. The van der Waals surface area contributed by atoms with Crippen LogP contribution >= 0.6 is 0 Å². The first-order valence-corrected chi connectivity index (χ1v) is 9.51. The fourth-order valence-electron chi connectivity index (χ4n) is 3.89. The van der Waals surface area contributed by atoms with Gasteiger partial charge >= 0.3 is 0 Å². The molecule has 0 aliphatic carbocycles. The quantitative estimate of drug-likeness (QED) is 0.845. The number of hydrogen-bond donors (Lipinski definition) is 0. The third kappa shape index (κ3) is 3.81. The molecular formula is C20H26N4O2. The fraction of sp³-hybridized carbons (Fsp3) is 0.500. The van der Waals surface area contributed by atoms with Crippen LogP contribution in [0.4, 0.5) is 0 Å². The predicted octanol–water partition coefficient (Wildman–Crippen LogP) is 2.20. The third-order valence-corrected chi connectivity index (χ3v) is 5.38. The number of benzene rings is 1. The summed E-state index contributed by atoms with van der Waals surface area (Å²) in [4.78, 5) is 21.7. The number of rotatable bonds is 4. The van der Waals surface area contributed by atoms with Gasteiger partial charge in [0, 0.05) is 55.9 Å². The number of hydrogen-bond acceptors (Lipinski definition) is 4. The van der Waals surface area contributed by atoms with Crippen molar-refractivity contribution in [1.82, 2.24) is 19.4 Å². The second-order valence-corrected chi connectivity index (χ2v) is 7.08. The van der Waals surface area contributed by atoms with E-state index in [2.05, 4.69) is 14.8 Å². The standard InChI is InChI=1S/C20H26N4O2/c25-20(17-4-6-18(7-5-17)23-10-8-21-16-23)24-9-2-1-3-19(24)15-22-11-13-26-14-12-22/h4-8,10,16,19H,1-3,9,11-15H2/t19-/m0/s1. The fourth-order valence-corrected chi connectivity index (χ4v) is 3.89. The van der Waals surface area contributed by atoms with Gasteiger partial charge < -0.3 is 14.2 Å². The number of nitrogens with zero attached hydrogens (tertiary/aromatic N) is 4. The van der Waals surface area contributed by atoms with Crippen LogP contribution in [0.3, 0.4) is 0 Å². The average molecular weight is 354 g/mol. The van der Waals surface area contributed by atoms with Gasteiger partial charge in [0.2, 0.25) is 0 Å². The number of imidazole rings is 1. The minimum Gasteiger partial charge on any atom is -0.379 e. The van der Waals surface area contributed by atoms with Crippen molar-refractivity contribution in [3.63, 3.8) is 0 Å². The third-order valence-electron chi connectivity index (χ3n) is 5.38. The second-order valence-electron chi connectivity index (χ2n) is 7.08. The van der Waals surface area contributed by atoms with Crippen LogP contribution in [0.2, 0.25) is 0 Å². The Morgan fingerprint density at radius 1 is 1.12 bits per heavy atom. The number of morpholine rings is 1.